The zero-order valence-electron chi connectivity index (χ0n) is 17.2. The molecule has 6 nitrogen and oxygen atoms in total. The van der Waals surface area contributed by atoms with Gasteiger partial charge in [0.25, 0.3) is 0 Å². The monoisotopic (exact) mass is 442 g/mol. The smallest absolute Gasteiger partial charge is 0.226 e. The molecular weight excluding hydrogens is 424 g/mol. The lowest BCUT2D eigenvalue weighted by Crippen LogP contribution is -2.32. The molecule has 0 unspecified atom stereocenters. The number of aromatic nitrogens is 3. The fourth-order valence-corrected chi connectivity index (χ4v) is 4.59. The molecule has 0 amide bonds. The number of fused-ring (bicyclic) bond motifs is 3. The molecule has 2 aliphatic rings. The minimum atomic E-state index is -0.335. The maximum Gasteiger partial charge on any atom is 0.226 e. The Balaban J connectivity index is 1.62. The molecule has 3 heterocycles. The van der Waals surface area contributed by atoms with E-state index in [4.69, 9.17) is 21.1 Å². The van der Waals surface area contributed by atoms with Crippen molar-refractivity contribution in [1.82, 2.24) is 14.8 Å². The molecule has 6 rings (SSSR count). The zero-order chi connectivity index (χ0) is 21.7. The van der Waals surface area contributed by atoms with Crippen molar-refractivity contribution in [2.24, 2.45) is 0 Å². The molecule has 0 spiro atoms. The van der Waals surface area contributed by atoms with E-state index in [1.165, 1.54) is 0 Å². The van der Waals surface area contributed by atoms with Gasteiger partial charge in [-0.25, -0.2) is 4.68 Å². The Morgan fingerprint density at radius 2 is 1.84 bits per heavy atom. The van der Waals surface area contributed by atoms with Crippen molar-refractivity contribution in [2.45, 2.75) is 12.1 Å². The number of hydrogen-bond donors (Lipinski definition) is 1. The first-order chi connectivity index (χ1) is 15.7. The fourth-order valence-electron chi connectivity index (χ4n) is 4.46. The van der Waals surface area contributed by atoms with Crippen molar-refractivity contribution in [3.8, 4) is 11.5 Å². The Hall–Kier alpha value is -3.77. The van der Waals surface area contributed by atoms with Crippen molar-refractivity contribution < 1.29 is 9.47 Å². The number of nitrogens with zero attached hydrogens (tertiary/aromatic N) is 3. The Labute approximate surface area is 190 Å². The first-order valence-electron chi connectivity index (χ1n) is 10.3. The number of benzene rings is 3. The highest BCUT2D eigenvalue weighted by molar-refractivity contribution is 6.30. The van der Waals surface area contributed by atoms with Crippen LogP contribution in [-0.2, 0) is 0 Å². The average molecular weight is 443 g/mol. The van der Waals surface area contributed by atoms with Gasteiger partial charge in [-0.3, -0.25) is 0 Å². The molecule has 2 aliphatic heterocycles. The number of methoxy groups -OCH3 is 1. The van der Waals surface area contributed by atoms with E-state index >= 15 is 0 Å². The van der Waals surface area contributed by atoms with Crippen LogP contribution in [-0.4, -0.2) is 21.9 Å². The van der Waals surface area contributed by atoms with Crippen LogP contribution in [0.25, 0.3) is 5.70 Å². The predicted octanol–water partition coefficient (Wildman–Crippen LogP) is 5.50. The highest BCUT2D eigenvalue weighted by Gasteiger charge is 2.40. The molecule has 32 heavy (non-hydrogen) atoms. The highest BCUT2D eigenvalue weighted by atomic mass is 35.5. The van der Waals surface area contributed by atoms with Gasteiger partial charge >= 0.3 is 0 Å². The topological polar surface area (TPSA) is 61.2 Å². The van der Waals surface area contributed by atoms with Crippen LogP contribution < -0.4 is 14.8 Å². The first-order valence-corrected chi connectivity index (χ1v) is 10.7. The second-order valence-electron chi connectivity index (χ2n) is 7.71. The van der Waals surface area contributed by atoms with Gasteiger partial charge in [-0.1, -0.05) is 48.0 Å². The van der Waals surface area contributed by atoms with E-state index in [0.29, 0.717) is 11.0 Å². The lowest BCUT2D eigenvalue weighted by atomic mass is 9.84. The number of rotatable bonds is 3. The predicted molar refractivity (Wildman–Crippen MR) is 123 cm³/mol. The van der Waals surface area contributed by atoms with E-state index in [2.05, 4.69) is 27.5 Å². The molecule has 1 N–H and O–H groups in total. The second kappa shape index (κ2) is 7.43. The Morgan fingerprint density at radius 3 is 2.69 bits per heavy atom. The summed E-state index contributed by atoms with van der Waals surface area (Å²) in [5.74, 6) is 2.28. The third-order valence-electron chi connectivity index (χ3n) is 5.90. The van der Waals surface area contributed by atoms with Crippen LogP contribution in [0.4, 0.5) is 5.95 Å². The Kier molecular flexibility index (Phi) is 4.40. The van der Waals surface area contributed by atoms with Crippen molar-refractivity contribution >= 4 is 23.2 Å². The summed E-state index contributed by atoms with van der Waals surface area (Å²) in [5, 5.41) is 8.74. The molecule has 2 atom stereocenters. The number of hydrogen-bond acceptors (Lipinski definition) is 5. The maximum absolute atomic E-state index is 6.59. The van der Waals surface area contributed by atoms with Gasteiger partial charge in [0.15, 0.2) is 0 Å². The van der Waals surface area contributed by atoms with Gasteiger partial charge in [0.2, 0.25) is 5.95 Å². The second-order valence-corrected chi connectivity index (χ2v) is 8.14. The summed E-state index contributed by atoms with van der Waals surface area (Å²) in [6.07, 6.45) is 1.23. The minimum absolute atomic E-state index is 0.229. The standard InChI is InChI=1S/C25H19ClN4O2/c1-31-18-6-4-5-16(13-18)23-21-22(29-25-27-14-28-30(23)25)19-7-2-3-8-20(19)32-24(21)15-9-11-17(26)12-10-15/h2-14,23-24H,1H3,(H,27,28,29)/t23-,24+/m0/s1. The normalized spacial score (nSPS) is 18.7. The van der Waals surface area contributed by atoms with Crippen LogP contribution >= 0.6 is 11.6 Å². The SMILES string of the molecule is COc1cccc([C@H]2C3=C(Nc4ncnn42)c2ccccc2O[C@@H]3c2ccc(Cl)cc2)c1. The summed E-state index contributed by atoms with van der Waals surface area (Å²) in [6, 6.07) is 23.6. The largest absolute Gasteiger partial charge is 0.497 e. The molecule has 0 saturated heterocycles. The lowest BCUT2D eigenvalue weighted by molar-refractivity contribution is 0.223. The number of nitrogens with one attached hydrogen (secondary N) is 1. The summed E-state index contributed by atoms with van der Waals surface area (Å²) >= 11 is 6.18. The van der Waals surface area contributed by atoms with E-state index in [-0.39, 0.29) is 12.1 Å². The molecule has 1 aromatic heterocycles. The summed E-state index contributed by atoms with van der Waals surface area (Å²) in [5.41, 5.74) is 5.08. The number of anilines is 1. The molecule has 7 heteroatoms. The molecule has 4 aromatic rings. The molecular formula is C25H19ClN4O2. The Bertz CT molecular complexity index is 1350. The summed E-state index contributed by atoms with van der Waals surface area (Å²) in [7, 11) is 1.67. The lowest BCUT2D eigenvalue weighted by Gasteiger charge is -2.39. The number of halogens is 1. The van der Waals surface area contributed by atoms with Crippen LogP contribution in [0.3, 0.4) is 0 Å². The van der Waals surface area contributed by atoms with Crippen LogP contribution in [0.2, 0.25) is 5.02 Å². The quantitative estimate of drug-likeness (QED) is 0.454. The van der Waals surface area contributed by atoms with Crippen LogP contribution in [0, 0.1) is 0 Å². The van der Waals surface area contributed by atoms with Crippen LogP contribution in [0.15, 0.2) is 84.7 Å². The van der Waals surface area contributed by atoms with E-state index in [9.17, 15) is 0 Å². The van der Waals surface area contributed by atoms with Crippen LogP contribution in [0.5, 0.6) is 11.5 Å². The molecule has 0 radical (unpaired) electrons. The van der Waals surface area contributed by atoms with E-state index < -0.39 is 0 Å². The van der Waals surface area contributed by atoms with Crippen LogP contribution in [0.1, 0.15) is 28.8 Å². The van der Waals surface area contributed by atoms with Crippen molar-refractivity contribution in [2.75, 3.05) is 12.4 Å². The fraction of sp³-hybridized carbons (Fsp3) is 0.120. The van der Waals surface area contributed by atoms with Crippen molar-refractivity contribution in [1.29, 1.82) is 0 Å². The van der Waals surface area contributed by atoms with Gasteiger partial charge < -0.3 is 14.8 Å². The molecule has 0 saturated carbocycles. The van der Waals surface area contributed by atoms with Gasteiger partial charge in [0.05, 0.1) is 12.8 Å². The number of para-hydroxylation sites is 1. The van der Waals surface area contributed by atoms with Gasteiger partial charge in [-0.15, -0.1) is 0 Å². The molecule has 3 aromatic carbocycles. The summed E-state index contributed by atoms with van der Waals surface area (Å²) < 4.78 is 14.0. The molecule has 158 valence electrons. The average Bonchev–Trinajstić information content (AvgIpc) is 3.31. The maximum atomic E-state index is 6.59. The molecule has 0 bridgehead atoms. The zero-order valence-corrected chi connectivity index (χ0v) is 18.0. The van der Waals surface area contributed by atoms with Gasteiger partial charge in [-0.2, -0.15) is 10.1 Å². The van der Waals surface area contributed by atoms with Gasteiger partial charge in [0, 0.05) is 16.2 Å². The van der Waals surface area contributed by atoms with E-state index in [0.717, 1.165) is 39.5 Å². The van der Waals surface area contributed by atoms with Gasteiger partial charge in [-0.05, 0) is 47.5 Å². The Morgan fingerprint density at radius 1 is 1.00 bits per heavy atom. The van der Waals surface area contributed by atoms with E-state index in [1.54, 1.807) is 13.4 Å². The number of ether oxygens (including phenoxy) is 2. The van der Waals surface area contributed by atoms with E-state index in [1.807, 2.05) is 65.3 Å². The van der Waals surface area contributed by atoms with Gasteiger partial charge in [0.1, 0.15) is 30.0 Å². The molecule has 0 aliphatic carbocycles. The summed E-state index contributed by atoms with van der Waals surface area (Å²) in [6.45, 7) is 0. The van der Waals surface area contributed by atoms with Crippen molar-refractivity contribution in [3.63, 3.8) is 0 Å². The van der Waals surface area contributed by atoms with Crippen molar-refractivity contribution in [3.05, 3.63) is 106 Å². The molecule has 0 fully saturated rings. The highest BCUT2D eigenvalue weighted by Crippen LogP contribution is 2.50. The summed E-state index contributed by atoms with van der Waals surface area (Å²) in [4.78, 5) is 4.47. The first kappa shape index (κ1) is 19.0. The third kappa shape index (κ3) is 2.95. The third-order valence-corrected chi connectivity index (χ3v) is 6.16. The minimum Gasteiger partial charge on any atom is -0.497 e.